The van der Waals surface area contributed by atoms with Gasteiger partial charge in [-0.05, 0) is 37.0 Å². The minimum absolute atomic E-state index is 0.205. The van der Waals surface area contributed by atoms with Gasteiger partial charge in [0.2, 0.25) is 0 Å². The van der Waals surface area contributed by atoms with E-state index in [0.29, 0.717) is 25.2 Å². The number of hydrogen-bond donors (Lipinski definition) is 1. The fourth-order valence-corrected chi connectivity index (χ4v) is 4.35. The molecule has 1 fully saturated rings. The van der Waals surface area contributed by atoms with Crippen molar-refractivity contribution in [3.05, 3.63) is 47.9 Å². The lowest BCUT2D eigenvalue weighted by Crippen LogP contribution is -2.38. The molecule has 1 aliphatic heterocycles. The molecule has 1 N–H and O–H groups in total. The van der Waals surface area contributed by atoms with Gasteiger partial charge in [0.15, 0.2) is 0 Å². The second-order valence-corrected chi connectivity index (χ2v) is 8.93. The van der Waals surface area contributed by atoms with Crippen LogP contribution in [-0.2, 0) is 16.6 Å². The van der Waals surface area contributed by atoms with Crippen LogP contribution < -0.4 is 0 Å². The number of carboxylic acids is 1. The quantitative estimate of drug-likeness (QED) is 0.802. The van der Waals surface area contributed by atoms with Gasteiger partial charge in [0.1, 0.15) is 6.33 Å². The maximum atomic E-state index is 12.2. The summed E-state index contributed by atoms with van der Waals surface area (Å²) >= 11 is 0. The summed E-state index contributed by atoms with van der Waals surface area (Å²) in [4.78, 5) is 19.5. The van der Waals surface area contributed by atoms with Crippen LogP contribution in [0.4, 0.5) is 0 Å². The predicted molar refractivity (Wildman–Crippen MR) is 100 cm³/mol. The fourth-order valence-electron chi connectivity index (χ4n) is 3.15. The van der Waals surface area contributed by atoms with Crippen molar-refractivity contribution in [2.24, 2.45) is 5.92 Å². The summed E-state index contributed by atoms with van der Waals surface area (Å²) < 4.78 is 27.2. The third-order valence-corrected chi connectivity index (χ3v) is 6.59. The molecule has 1 atom stereocenters. The maximum absolute atomic E-state index is 12.2. The van der Waals surface area contributed by atoms with E-state index in [1.807, 2.05) is 6.07 Å². The normalized spacial score (nSPS) is 18.1. The van der Waals surface area contributed by atoms with Crippen LogP contribution >= 0.6 is 0 Å². The number of rotatable bonds is 6. The van der Waals surface area contributed by atoms with Crippen LogP contribution in [0, 0.1) is 5.92 Å². The van der Waals surface area contributed by atoms with Gasteiger partial charge in [0, 0.05) is 38.4 Å². The number of carboxylic acid groups (broad SMARTS) is 1. The van der Waals surface area contributed by atoms with Crippen molar-refractivity contribution in [1.82, 2.24) is 18.6 Å². The Bertz CT molecular complexity index is 929. The van der Waals surface area contributed by atoms with E-state index >= 15 is 0 Å². The molecule has 2 heterocycles. The Balaban J connectivity index is 1.71. The molecule has 0 radical (unpaired) electrons. The summed E-state index contributed by atoms with van der Waals surface area (Å²) in [5.41, 5.74) is 2.59. The zero-order valence-electron chi connectivity index (χ0n) is 15.2. The molecule has 0 spiro atoms. The third-order valence-electron chi connectivity index (χ3n) is 4.69. The van der Waals surface area contributed by atoms with Crippen LogP contribution in [0.25, 0.3) is 11.3 Å². The predicted octanol–water partition coefficient (Wildman–Crippen LogP) is 1.51. The van der Waals surface area contributed by atoms with Crippen molar-refractivity contribution in [3.8, 4) is 11.3 Å². The van der Waals surface area contributed by atoms with Crippen LogP contribution in [-0.4, -0.2) is 65.3 Å². The highest BCUT2D eigenvalue weighted by Gasteiger charge is 2.32. The fraction of sp³-hybridized carbons (Fsp3) is 0.389. The van der Waals surface area contributed by atoms with E-state index in [2.05, 4.69) is 9.97 Å². The van der Waals surface area contributed by atoms with Crippen LogP contribution in [0.3, 0.4) is 0 Å². The molecule has 1 aromatic heterocycles. The molecule has 1 saturated heterocycles. The van der Waals surface area contributed by atoms with Crippen LogP contribution in [0.1, 0.15) is 22.5 Å². The van der Waals surface area contributed by atoms with Gasteiger partial charge < -0.3 is 5.11 Å². The average molecular weight is 390 g/mol. The number of nitrogens with zero attached hydrogens (tertiary/aromatic N) is 4. The molecule has 144 valence electrons. The molecule has 0 aliphatic carbocycles. The van der Waals surface area contributed by atoms with E-state index in [0.717, 1.165) is 17.7 Å². The van der Waals surface area contributed by atoms with Gasteiger partial charge >= 0.3 is 5.97 Å². The second-order valence-electron chi connectivity index (χ2n) is 6.78. The van der Waals surface area contributed by atoms with Crippen molar-refractivity contribution in [2.75, 3.05) is 27.2 Å². The number of carbonyl (C=O) groups is 1. The summed E-state index contributed by atoms with van der Waals surface area (Å²) in [7, 11) is -0.305. The van der Waals surface area contributed by atoms with E-state index in [-0.39, 0.29) is 11.5 Å². The molecule has 1 aromatic carbocycles. The highest BCUT2D eigenvalue weighted by Crippen LogP contribution is 2.25. The second kappa shape index (κ2) is 7.71. The summed E-state index contributed by atoms with van der Waals surface area (Å²) in [5.74, 6) is -0.764. The number of aromatic nitrogens is 2. The van der Waals surface area contributed by atoms with Crippen molar-refractivity contribution in [3.63, 3.8) is 0 Å². The Hall–Kier alpha value is -2.36. The molecule has 2 aromatic rings. The summed E-state index contributed by atoms with van der Waals surface area (Å²) in [6.07, 6.45) is 2.95. The van der Waals surface area contributed by atoms with Crippen molar-refractivity contribution < 1.29 is 18.3 Å². The van der Waals surface area contributed by atoms with Gasteiger partial charge in [-0.25, -0.2) is 14.8 Å². The number of aromatic carboxylic acids is 1. The van der Waals surface area contributed by atoms with Gasteiger partial charge in [-0.2, -0.15) is 17.0 Å². The molecule has 9 heteroatoms. The molecular formula is C18H22N4O4S. The number of hydrogen-bond acceptors (Lipinski definition) is 5. The first kappa shape index (κ1) is 19.4. The highest BCUT2D eigenvalue weighted by molar-refractivity contribution is 7.86. The topological polar surface area (TPSA) is 104 Å². The van der Waals surface area contributed by atoms with Gasteiger partial charge in [-0.15, -0.1) is 0 Å². The summed E-state index contributed by atoms with van der Waals surface area (Å²) in [5, 5.41) is 8.99. The molecule has 8 nitrogen and oxygen atoms in total. The van der Waals surface area contributed by atoms with Gasteiger partial charge in [0.05, 0.1) is 11.3 Å². The molecule has 27 heavy (non-hydrogen) atoms. The molecule has 0 unspecified atom stereocenters. The van der Waals surface area contributed by atoms with Crippen LogP contribution in [0.2, 0.25) is 0 Å². The third kappa shape index (κ3) is 4.32. The standard InChI is InChI=1S/C18H22N4O4S/c1-21(2)27(25,26)22-8-7-13(11-22)9-16-10-17(20-12-19-16)14-3-5-15(6-4-14)18(23)24/h3-6,10,12-13H,7-9,11H2,1-2H3,(H,23,24)/t13-/m1/s1. The first-order valence-corrected chi connectivity index (χ1v) is 9.99. The molecule has 0 bridgehead atoms. The largest absolute Gasteiger partial charge is 0.478 e. The van der Waals surface area contributed by atoms with Crippen LogP contribution in [0.5, 0.6) is 0 Å². The average Bonchev–Trinajstić information content (AvgIpc) is 3.11. The van der Waals surface area contributed by atoms with Gasteiger partial charge in [0.25, 0.3) is 10.2 Å². The van der Waals surface area contributed by atoms with Crippen LogP contribution in [0.15, 0.2) is 36.7 Å². The highest BCUT2D eigenvalue weighted by atomic mass is 32.2. The van der Waals surface area contributed by atoms with Gasteiger partial charge in [-0.1, -0.05) is 12.1 Å². The molecule has 1 aliphatic rings. The maximum Gasteiger partial charge on any atom is 0.335 e. The zero-order valence-corrected chi connectivity index (χ0v) is 16.1. The minimum atomic E-state index is -3.38. The summed E-state index contributed by atoms with van der Waals surface area (Å²) in [6, 6.07) is 8.40. The van der Waals surface area contributed by atoms with E-state index in [4.69, 9.17) is 5.11 Å². The molecule has 3 rings (SSSR count). The monoisotopic (exact) mass is 390 g/mol. The smallest absolute Gasteiger partial charge is 0.335 e. The van der Waals surface area contributed by atoms with E-state index in [1.165, 1.54) is 29.0 Å². The Morgan fingerprint density at radius 3 is 2.59 bits per heavy atom. The Labute approximate surface area is 158 Å². The Morgan fingerprint density at radius 1 is 1.26 bits per heavy atom. The molecule has 0 amide bonds. The van der Waals surface area contributed by atoms with Crippen molar-refractivity contribution >= 4 is 16.2 Å². The van der Waals surface area contributed by atoms with E-state index in [1.54, 1.807) is 24.3 Å². The first-order chi connectivity index (χ1) is 12.8. The number of benzene rings is 1. The Morgan fingerprint density at radius 2 is 1.96 bits per heavy atom. The van der Waals surface area contributed by atoms with E-state index in [9.17, 15) is 13.2 Å². The van der Waals surface area contributed by atoms with E-state index < -0.39 is 16.2 Å². The lowest BCUT2D eigenvalue weighted by molar-refractivity contribution is 0.0697. The van der Waals surface area contributed by atoms with Crippen molar-refractivity contribution in [1.29, 1.82) is 0 Å². The first-order valence-electron chi connectivity index (χ1n) is 8.59. The lowest BCUT2D eigenvalue weighted by atomic mass is 10.0. The zero-order chi connectivity index (χ0) is 19.6. The van der Waals surface area contributed by atoms with Crippen molar-refractivity contribution in [2.45, 2.75) is 12.8 Å². The molecular weight excluding hydrogens is 368 g/mol. The summed E-state index contributed by atoms with van der Waals surface area (Å²) in [6.45, 7) is 0.993. The Kier molecular flexibility index (Phi) is 5.54. The molecule has 0 saturated carbocycles. The SMILES string of the molecule is CN(C)S(=O)(=O)N1CC[C@H](Cc2cc(-c3ccc(C(=O)O)cc3)ncn2)C1. The lowest BCUT2D eigenvalue weighted by Gasteiger charge is -2.20. The minimum Gasteiger partial charge on any atom is -0.478 e. The van der Waals surface area contributed by atoms with Gasteiger partial charge in [-0.3, -0.25) is 0 Å².